The Morgan fingerprint density at radius 3 is 2.24 bits per heavy atom. The second kappa shape index (κ2) is 10.4. The molecule has 0 unspecified atom stereocenters. The summed E-state index contributed by atoms with van der Waals surface area (Å²) in [6.45, 7) is 7.76. The van der Waals surface area contributed by atoms with Crippen LogP contribution in [0.15, 0.2) is 59.5 Å². The lowest BCUT2D eigenvalue weighted by molar-refractivity contribution is -0.157. The van der Waals surface area contributed by atoms with Gasteiger partial charge in [0.1, 0.15) is 11.6 Å². The van der Waals surface area contributed by atoms with Crippen LogP contribution in [0.3, 0.4) is 0 Å². The summed E-state index contributed by atoms with van der Waals surface area (Å²) in [4.78, 5) is 41.6. The van der Waals surface area contributed by atoms with E-state index in [2.05, 4.69) is 0 Å². The first-order valence-corrected chi connectivity index (χ1v) is 11.9. The molecule has 1 saturated heterocycles. The highest BCUT2D eigenvalue weighted by Gasteiger charge is 2.50. The van der Waals surface area contributed by atoms with E-state index in [1.165, 1.54) is 7.11 Å². The SMILES string of the molecule is COC(=O)[C@@H]1[C@@H](CC(=O)OC(C)(C)C)[C@@H](Sc2ccc(C)cc2)CN1C(=O)c1ccccc1. The number of esters is 2. The number of ether oxygens (including phenoxy) is 2. The molecule has 6 nitrogen and oxygen atoms in total. The fourth-order valence-corrected chi connectivity index (χ4v) is 5.29. The molecule has 1 amide bonds. The molecular weight excluding hydrogens is 438 g/mol. The molecular formula is C26H31NO5S. The highest BCUT2D eigenvalue weighted by molar-refractivity contribution is 8.00. The van der Waals surface area contributed by atoms with Crippen LogP contribution in [0.1, 0.15) is 43.1 Å². The lowest BCUT2D eigenvalue weighted by Gasteiger charge is -2.27. The summed E-state index contributed by atoms with van der Waals surface area (Å²) in [6.07, 6.45) is 0.0130. The van der Waals surface area contributed by atoms with E-state index in [9.17, 15) is 14.4 Å². The Labute approximate surface area is 199 Å². The van der Waals surface area contributed by atoms with Gasteiger partial charge in [-0.05, 0) is 52.0 Å². The summed E-state index contributed by atoms with van der Waals surface area (Å²) in [6, 6.07) is 16.0. The van der Waals surface area contributed by atoms with Crippen LogP contribution in [0.5, 0.6) is 0 Å². The maximum atomic E-state index is 13.4. The standard InChI is InChI=1S/C26H31NO5S/c1-17-11-13-19(14-12-17)33-21-16-27(24(29)18-9-7-6-8-10-18)23(25(30)31-5)20(21)15-22(28)32-26(2,3)4/h6-14,20-21,23H,15-16H2,1-5H3/t20-,21-,23-/m0/s1. The number of amides is 1. The van der Waals surface area contributed by atoms with Crippen molar-refractivity contribution in [1.29, 1.82) is 0 Å². The minimum atomic E-state index is -0.877. The second-order valence-electron chi connectivity index (χ2n) is 9.22. The Morgan fingerprint density at radius 2 is 1.67 bits per heavy atom. The molecule has 3 rings (SSSR count). The molecule has 0 radical (unpaired) electrons. The number of hydrogen-bond donors (Lipinski definition) is 0. The molecule has 7 heteroatoms. The third-order valence-corrected chi connectivity index (χ3v) is 6.80. The van der Waals surface area contributed by atoms with Gasteiger partial charge in [-0.3, -0.25) is 9.59 Å². The number of benzene rings is 2. The molecule has 0 saturated carbocycles. The number of nitrogens with zero attached hydrogens (tertiary/aromatic N) is 1. The Morgan fingerprint density at radius 1 is 1.03 bits per heavy atom. The summed E-state index contributed by atoms with van der Waals surface area (Å²) < 4.78 is 10.6. The first kappa shape index (κ1) is 24.8. The second-order valence-corrected chi connectivity index (χ2v) is 10.5. The lowest BCUT2D eigenvalue weighted by atomic mass is 9.95. The largest absolute Gasteiger partial charge is 0.467 e. The third kappa shape index (κ3) is 6.38. The zero-order valence-corrected chi connectivity index (χ0v) is 20.6. The third-order valence-electron chi connectivity index (χ3n) is 5.45. The molecule has 0 aromatic heterocycles. The van der Waals surface area contributed by atoms with Crippen LogP contribution in [0, 0.1) is 12.8 Å². The van der Waals surface area contributed by atoms with Crippen molar-refractivity contribution in [3.63, 3.8) is 0 Å². The van der Waals surface area contributed by atoms with Crippen LogP contribution in [-0.2, 0) is 19.1 Å². The molecule has 1 fully saturated rings. The Balaban J connectivity index is 1.95. The van der Waals surface area contributed by atoms with Crippen molar-refractivity contribution in [2.75, 3.05) is 13.7 Å². The first-order valence-electron chi connectivity index (χ1n) is 11.0. The van der Waals surface area contributed by atoms with Crippen LogP contribution in [0.25, 0.3) is 0 Å². The number of methoxy groups -OCH3 is 1. The van der Waals surface area contributed by atoms with Gasteiger partial charge < -0.3 is 14.4 Å². The first-order chi connectivity index (χ1) is 15.6. The van der Waals surface area contributed by atoms with Gasteiger partial charge in [0.2, 0.25) is 0 Å². The number of rotatable bonds is 6. The summed E-state index contributed by atoms with van der Waals surface area (Å²) in [5.41, 5.74) is 0.989. The van der Waals surface area contributed by atoms with Crippen molar-refractivity contribution in [2.24, 2.45) is 5.92 Å². The predicted octanol–water partition coefficient (Wildman–Crippen LogP) is 4.50. The van der Waals surface area contributed by atoms with Gasteiger partial charge in [0.15, 0.2) is 0 Å². The summed E-state index contributed by atoms with van der Waals surface area (Å²) in [7, 11) is 1.30. The summed E-state index contributed by atoms with van der Waals surface area (Å²) >= 11 is 1.57. The average Bonchev–Trinajstić information content (AvgIpc) is 3.11. The molecule has 1 aliphatic heterocycles. The van der Waals surface area contributed by atoms with Crippen molar-refractivity contribution >= 4 is 29.6 Å². The molecule has 33 heavy (non-hydrogen) atoms. The molecule has 0 bridgehead atoms. The van der Waals surface area contributed by atoms with E-state index in [-0.39, 0.29) is 17.6 Å². The molecule has 3 atom stereocenters. The van der Waals surface area contributed by atoms with Crippen LogP contribution in [0.2, 0.25) is 0 Å². The van der Waals surface area contributed by atoms with Crippen molar-refractivity contribution in [2.45, 2.75) is 55.9 Å². The minimum Gasteiger partial charge on any atom is -0.467 e. The normalized spacial score (nSPS) is 20.4. The van der Waals surface area contributed by atoms with Crippen molar-refractivity contribution in [1.82, 2.24) is 4.90 Å². The zero-order chi connectivity index (χ0) is 24.2. The van der Waals surface area contributed by atoms with Crippen molar-refractivity contribution in [3.05, 3.63) is 65.7 Å². The van der Waals surface area contributed by atoms with Gasteiger partial charge in [-0.1, -0.05) is 35.9 Å². The maximum absolute atomic E-state index is 13.4. The Bertz CT molecular complexity index is 984. The number of aryl methyl sites for hydroxylation is 1. The number of hydrogen-bond acceptors (Lipinski definition) is 6. The number of thioether (sulfide) groups is 1. The average molecular weight is 470 g/mol. The molecule has 0 N–H and O–H groups in total. The minimum absolute atomic E-state index is 0.0130. The van der Waals surface area contributed by atoms with Crippen molar-refractivity contribution in [3.8, 4) is 0 Å². The van der Waals surface area contributed by atoms with Gasteiger partial charge in [0.25, 0.3) is 5.91 Å². The Hall–Kier alpha value is -2.80. The van der Waals surface area contributed by atoms with E-state index in [0.717, 1.165) is 10.5 Å². The molecule has 2 aromatic rings. The van der Waals surface area contributed by atoms with E-state index in [0.29, 0.717) is 12.1 Å². The number of carbonyl (C=O) groups is 3. The van der Waals surface area contributed by atoms with Gasteiger partial charge >= 0.3 is 11.9 Å². The quantitative estimate of drug-likeness (QED) is 0.580. The van der Waals surface area contributed by atoms with Crippen molar-refractivity contribution < 1.29 is 23.9 Å². The molecule has 0 spiro atoms. The number of carbonyl (C=O) groups excluding carboxylic acids is 3. The van der Waals surface area contributed by atoms with Crippen LogP contribution >= 0.6 is 11.8 Å². The van der Waals surface area contributed by atoms with Gasteiger partial charge in [-0.2, -0.15) is 0 Å². The fraction of sp³-hybridized carbons (Fsp3) is 0.423. The molecule has 1 aliphatic rings. The number of likely N-dealkylation sites (tertiary alicyclic amines) is 1. The van der Waals surface area contributed by atoms with E-state index in [1.54, 1.807) is 61.7 Å². The van der Waals surface area contributed by atoms with Gasteiger partial charge in [-0.15, -0.1) is 11.8 Å². The predicted molar refractivity (Wildman–Crippen MR) is 128 cm³/mol. The van der Waals surface area contributed by atoms with E-state index < -0.39 is 29.5 Å². The molecule has 2 aromatic carbocycles. The smallest absolute Gasteiger partial charge is 0.328 e. The molecule has 1 heterocycles. The maximum Gasteiger partial charge on any atom is 0.328 e. The lowest BCUT2D eigenvalue weighted by Crippen LogP contribution is -2.44. The fourth-order valence-electron chi connectivity index (χ4n) is 3.99. The zero-order valence-electron chi connectivity index (χ0n) is 19.7. The topological polar surface area (TPSA) is 72.9 Å². The van der Waals surface area contributed by atoms with E-state index >= 15 is 0 Å². The van der Waals surface area contributed by atoms with Crippen LogP contribution in [0.4, 0.5) is 0 Å². The van der Waals surface area contributed by atoms with E-state index in [4.69, 9.17) is 9.47 Å². The molecule has 176 valence electrons. The van der Waals surface area contributed by atoms with Gasteiger partial charge in [0, 0.05) is 28.2 Å². The Kier molecular flexibility index (Phi) is 7.84. The van der Waals surface area contributed by atoms with Gasteiger partial charge in [0.05, 0.1) is 13.5 Å². The van der Waals surface area contributed by atoms with Crippen LogP contribution < -0.4 is 0 Å². The summed E-state index contributed by atoms with van der Waals surface area (Å²) in [5, 5.41) is -0.183. The summed E-state index contributed by atoms with van der Waals surface area (Å²) in [5.74, 6) is -1.64. The highest BCUT2D eigenvalue weighted by atomic mass is 32.2. The van der Waals surface area contributed by atoms with Gasteiger partial charge in [-0.25, -0.2) is 4.79 Å². The van der Waals surface area contributed by atoms with E-state index in [1.807, 2.05) is 37.3 Å². The van der Waals surface area contributed by atoms with Crippen LogP contribution in [-0.4, -0.2) is 53.3 Å². The highest BCUT2D eigenvalue weighted by Crippen LogP contribution is 2.40. The monoisotopic (exact) mass is 469 g/mol. The molecule has 0 aliphatic carbocycles.